The molecule has 0 saturated carbocycles. The number of aromatic nitrogens is 1. The highest BCUT2D eigenvalue weighted by Crippen LogP contribution is 2.54. The van der Waals surface area contributed by atoms with Gasteiger partial charge in [-0.1, -0.05) is 70.2 Å². The number of aromatic hydroxyl groups is 2. The smallest absolute Gasteiger partial charge is 0.312 e. The Morgan fingerprint density at radius 1 is 0.756 bits per heavy atom. The molecule has 0 radical (unpaired) electrons. The van der Waals surface area contributed by atoms with Gasteiger partial charge in [0.1, 0.15) is 17.6 Å². The van der Waals surface area contributed by atoms with Crippen molar-refractivity contribution in [2.24, 2.45) is 23.7 Å². The number of allylic oxidation sites excluding steroid dienone is 2. The van der Waals surface area contributed by atoms with Gasteiger partial charge < -0.3 is 69.3 Å². The Balaban J connectivity index is 1.16. The van der Waals surface area contributed by atoms with Crippen molar-refractivity contribution < 1.29 is 53.8 Å². The quantitative estimate of drug-likeness (QED) is 0.0574. The van der Waals surface area contributed by atoms with Crippen molar-refractivity contribution in [2.75, 3.05) is 88.7 Å². The molecule has 4 aromatic carbocycles. The summed E-state index contributed by atoms with van der Waals surface area (Å²) >= 11 is 0. The number of rotatable bonds is 10. The molecule has 4 aliphatic rings. The number of ketones is 1. The Morgan fingerprint density at radius 2 is 1.33 bits per heavy atom. The monoisotopic (exact) mass is 1130 g/mol. The fourth-order valence-corrected chi connectivity index (χ4v) is 12.2. The number of carbonyl (C=O) groups is 3. The lowest BCUT2D eigenvalue weighted by atomic mass is 9.78. The molecule has 2 saturated heterocycles. The maximum absolute atomic E-state index is 15.2. The van der Waals surface area contributed by atoms with E-state index in [-0.39, 0.29) is 44.7 Å². The van der Waals surface area contributed by atoms with Gasteiger partial charge >= 0.3 is 11.8 Å². The van der Waals surface area contributed by atoms with E-state index in [0.717, 1.165) is 63.5 Å². The van der Waals surface area contributed by atoms with Crippen LogP contribution in [0.25, 0.3) is 21.7 Å². The third-order valence-corrected chi connectivity index (χ3v) is 17.5. The number of aliphatic hydroxyl groups excluding tert-OH is 2. The second-order valence-corrected chi connectivity index (χ2v) is 23.5. The van der Waals surface area contributed by atoms with Crippen LogP contribution in [-0.2, 0) is 43.4 Å². The molecule has 4 bridgehead atoms. The first kappa shape index (κ1) is 59.7. The first-order chi connectivity index (χ1) is 39.1. The number of H-pyrrole nitrogens is 1. The number of piperazine rings is 2. The zero-order valence-electron chi connectivity index (χ0n) is 49.4. The van der Waals surface area contributed by atoms with Gasteiger partial charge in [0.2, 0.25) is 0 Å². The van der Waals surface area contributed by atoms with Gasteiger partial charge in [0.15, 0.2) is 5.75 Å². The number of ether oxygens (including phenoxy) is 4. The second-order valence-electron chi connectivity index (χ2n) is 23.5. The molecule has 18 nitrogen and oxygen atoms in total. The Hall–Kier alpha value is -6.93. The van der Waals surface area contributed by atoms with Gasteiger partial charge in [0.05, 0.1) is 46.7 Å². The Labute approximate surface area is 481 Å². The molecule has 440 valence electrons. The minimum absolute atomic E-state index is 0.0263. The van der Waals surface area contributed by atoms with Crippen LogP contribution in [0.1, 0.15) is 81.1 Å². The molecule has 18 heteroatoms. The minimum Gasteiger partial charge on any atom is -0.507 e. The minimum atomic E-state index is -1.99. The molecule has 82 heavy (non-hydrogen) atoms. The highest BCUT2D eigenvalue weighted by Gasteiger charge is 2.50. The number of methoxy groups -OCH3 is 1. The van der Waals surface area contributed by atoms with Crippen molar-refractivity contribution >= 4 is 56.4 Å². The highest BCUT2D eigenvalue weighted by atomic mass is 16.7. The molecule has 4 aliphatic heterocycles. The maximum atomic E-state index is 15.2. The average molecular weight is 1130 g/mol. The van der Waals surface area contributed by atoms with Crippen molar-refractivity contribution in [1.29, 1.82) is 0 Å². The van der Waals surface area contributed by atoms with Gasteiger partial charge in [-0.05, 0) is 75.0 Å². The lowest BCUT2D eigenvalue weighted by molar-refractivity contribution is -0.160. The topological polar surface area (TPSA) is 213 Å². The number of Topliss-reactive ketones (excluding diaryl/α,β-unsaturated/α-hetero) is 1. The molecule has 0 spiro atoms. The van der Waals surface area contributed by atoms with Crippen LogP contribution in [0.15, 0.2) is 90.9 Å². The lowest BCUT2D eigenvalue weighted by Gasteiger charge is -2.38. The number of phenolic OH excluding ortho intramolecular Hbond substituents is 2. The molecule has 9 rings (SSSR count). The summed E-state index contributed by atoms with van der Waals surface area (Å²) in [7, 11) is 5.77. The number of aromatic amines is 1. The summed E-state index contributed by atoms with van der Waals surface area (Å²) in [5.74, 6) is -6.94. The number of nitrogens with one attached hydrogen (secondary N) is 2. The second kappa shape index (κ2) is 24.9. The van der Waals surface area contributed by atoms with Crippen molar-refractivity contribution in [1.82, 2.24) is 19.7 Å². The Morgan fingerprint density at radius 3 is 1.88 bits per heavy atom. The predicted molar refractivity (Wildman–Crippen MR) is 319 cm³/mol. The van der Waals surface area contributed by atoms with E-state index in [1.807, 2.05) is 6.20 Å². The molecule has 0 aliphatic carbocycles. The number of phenols is 2. The average Bonchev–Trinajstić information content (AvgIpc) is 4.22. The number of amides is 1. The molecule has 1 amide bonds. The van der Waals surface area contributed by atoms with Crippen molar-refractivity contribution in [3.63, 3.8) is 0 Å². The molecule has 1 aromatic heterocycles. The summed E-state index contributed by atoms with van der Waals surface area (Å²) in [5, 5.41) is 51.8. The van der Waals surface area contributed by atoms with Gasteiger partial charge in [-0.2, -0.15) is 0 Å². The van der Waals surface area contributed by atoms with Gasteiger partial charge in [-0.3, -0.25) is 19.3 Å². The number of hydrogen-bond donors (Lipinski definition) is 6. The van der Waals surface area contributed by atoms with E-state index in [1.165, 1.54) is 38.6 Å². The van der Waals surface area contributed by atoms with Gasteiger partial charge in [0.25, 0.3) is 11.7 Å². The molecular weight excluding hydrogens is 1040 g/mol. The summed E-state index contributed by atoms with van der Waals surface area (Å²) in [4.78, 5) is 57.5. The van der Waals surface area contributed by atoms with E-state index in [1.54, 1.807) is 65.8 Å². The Kier molecular flexibility index (Phi) is 18.1. The number of nitrogens with zero attached hydrogens (tertiary/aromatic N) is 5. The lowest BCUT2D eigenvalue weighted by Crippen LogP contribution is -2.46. The largest absolute Gasteiger partial charge is 0.507 e. The van der Waals surface area contributed by atoms with Gasteiger partial charge in [-0.25, -0.2) is 0 Å². The molecule has 9 atom stereocenters. The Bertz CT molecular complexity index is 3160. The van der Waals surface area contributed by atoms with Crippen LogP contribution < -0.4 is 19.9 Å². The van der Waals surface area contributed by atoms with Crippen molar-refractivity contribution in [3.05, 3.63) is 119 Å². The van der Waals surface area contributed by atoms with Crippen LogP contribution in [-0.4, -0.2) is 162 Å². The molecule has 6 N–H and O–H groups in total. The molecule has 2 fully saturated rings. The van der Waals surface area contributed by atoms with E-state index < -0.39 is 77.3 Å². The standard InChI is InChI=1S/C64H83N7O11/c1-37-13-12-14-38(2)63(78)66-55-50-46(36-69(34-44-15-19-47(20-16-44)70-28-24-67(9)25-29-70)35-45-17-21-48(22-18-45)71-30-26-68(10)27-31-71)33-65-54(50)51-52(59(55)76)58(75)42(6)61-53(51)62(77)64(8,82-61)80-32-23-49(79-11)39(3)60(81-43(7)72)41(5)57(74)40(4)56(37)73/h12-23,32-33,37,39-41,49,56-57,60,65,73-76H,24-31,34-36H2,1-11H3,(H,66,78)/b13-12+,32-23+,38-14-/t37-,39+,40+,41+,49-,56-,57+,60+,64-/m0/s1. The van der Waals surface area contributed by atoms with Crippen molar-refractivity contribution in [2.45, 2.75) is 105 Å². The zero-order valence-corrected chi connectivity index (χ0v) is 49.4. The maximum Gasteiger partial charge on any atom is 0.312 e. The number of benzene rings is 4. The summed E-state index contributed by atoms with van der Waals surface area (Å²) in [5.41, 5.74) is 6.07. The zero-order chi connectivity index (χ0) is 58.9. The van der Waals surface area contributed by atoms with Crippen LogP contribution in [0.3, 0.4) is 0 Å². The number of aliphatic hydroxyl groups is 2. The fraction of sp³-hybridized carbons (Fsp3) is 0.484. The van der Waals surface area contributed by atoms with E-state index in [2.05, 4.69) is 97.4 Å². The molecular formula is C64H83N7O11. The predicted octanol–water partition coefficient (Wildman–Crippen LogP) is 8.24. The number of hydrogen-bond acceptors (Lipinski definition) is 16. The molecule has 0 unspecified atom stereocenters. The number of fused-ring (bicyclic) bond motifs is 1. The molecule has 5 heterocycles. The number of esters is 1. The SMILES string of the molecule is CO[C@H]1/C=C/O[C@@]2(C)Oc3c(C)c(O)c4c(O)c(c5c(CN(Cc6ccc(N7CCN(C)CC7)cc6)Cc6ccc(N7CCN(C)CC7)cc6)c[nH]c5c4c3C2=O)NC(=O)/C(C)=C\C=C\[C@H](C)[C@H](O)[C@@H](C)[C@@H](O)[C@@H](C)[C@H](OC(C)=O)[C@@H]1C. The van der Waals surface area contributed by atoms with Crippen LogP contribution in [0.4, 0.5) is 17.1 Å². The van der Waals surface area contributed by atoms with E-state index in [0.29, 0.717) is 36.1 Å². The number of likely N-dealkylation sites (N-methyl/N-ethyl adjacent to an activating group) is 2. The normalized spacial score (nSPS) is 27.8. The van der Waals surface area contributed by atoms with E-state index in [9.17, 15) is 30.0 Å². The van der Waals surface area contributed by atoms with Crippen LogP contribution in [0.5, 0.6) is 17.2 Å². The summed E-state index contributed by atoms with van der Waals surface area (Å²) in [6.07, 6.45) is 5.82. The van der Waals surface area contributed by atoms with Crippen LogP contribution in [0, 0.1) is 30.6 Å². The van der Waals surface area contributed by atoms with Crippen LogP contribution in [0.2, 0.25) is 0 Å². The summed E-state index contributed by atoms with van der Waals surface area (Å²) < 4.78 is 24.4. The van der Waals surface area contributed by atoms with E-state index >= 15 is 4.79 Å². The first-order valence-electron chi connectivity index (χ1n) is 28.7. The first-order valence-corrected chi connectivity index (χ1v) is 28.7. The third-order valence-electron chi connectivity index (χ3n) is 17.5. The number of anilines is 3. The van der Waals surface area contributed by atoms with Crippen molar-refractivity contribution in [3.8, 4) is 17.2 Å². The van der Waals surface area contributed by atoms with E-state index in [4.69, 9.17) is 18.9 Å². The molecule has 5 aromatic rings. The third kappa shape index (κ3) is 12.2. The van der Waals surface area contributed by atoms with Crippen LogP contribution >= 0.6 is 0 Å². The van der Waals surface area contributed by atoms with Gasteiger partial charge in [-0.15, -0.1) is 0 Å². The highest BCUT2D eigenvalue weighted by molar-refractivity contribution is 6.29. The summed E-state index contributed by atoms with van der Waals surface area (Å²) in [6, 6.07) is 17.4. The number of carbonyl (C=O) groups excluding carboxylic acids is 3. The fourth-order valence-electron chi connectivity index (χ4n) is 12.2. The van der Waals surface area contributed by atoms with Gasteiger partial charge in [0, 0.05) is 156 Å². The summed E-state index contributed by atoms with van der Waals surface area (Å²) in [6.45, 7) is 22.2.